The van der Waals surface area contributed by atoms with Crippen LogP contribution in [-0.2, 0) is 10.0 Å². The third-order valence-corrected chi connectivity index (χ3v) is 3.57. The van der Waals surface area contributed by atoms with Crippen LogP contribution in [0.15, 0.2) is 64.8 Å². The van der Waals surface area contributed by atoms with Crippen LogP contribution in [-0.4, -0.2) is 19.0 Å². The van der Waals surface area contributed by atoms with Crippen molar-refractivity contribution in [2.45, 2.75) is 4.90 Å². The van der Waals surface area contributed by atoms with Crippen molar-refractivity contribution in [2.75, 3.05) is 0 Å². The van der Waals surface area contributed by atoms with Crippen LogP contribution in [0.25, 0.3) is 0 Å². The number of hydrazone groups is 1. The first-order chi connectivity index (χ1) is 7.71. The Hall–Kier alpha value is -1.88. The smallest absolute Gasteiger partial charge is 0.199 e. The van der Waals surface area contributed by atoms with Gasteiger partial charge in [-0.3, -0.25) is 0 Å². The van der Waals surface area contributed by atoms with Crippen molar-refractivity contribution < 1.29 is 8.42 Å². The van der Waals surface area contributed by atoms with Gasteiger partial charge in [0.1, 0.15) is 0 Å². The molecule has 0 radical (unpaired) electrons. The second-order valence-corrected chi connectivity index (χ2v) is 4.88. The first kappa shape index (κ1) is 10.6. The summed E-state index contributed by atoms with van der Waals surface area (Å²) in [7, 11) is -3.58. The van der Waals surface area contributed by atoms with E-state index in [0.29, 0.717) is 0 Å². The maximum atomic E-state index is 12.1. The summed E-state index contributed by atoms with van der Waals surface area (Å²) in [5.74, 6) is 0. The molecule has 1 heterocycles. The number of benzene rings is 1. The predicted octanol–water partition coefficient (Wildman–Crippen LogP) is 1.75. The average molecular weight is 234 g/mol. The summed E-state index contributed by atoms with van der Waals surface area (Å²) < 4.78 is 25.1. The van der Waals surface area contributed by atoms with Crippen LogP contribution in [0.4, 0.5) is 0 Å². The van der Waals surface area contributed by atoms with Gasteiger partial charge in [-0.25, -0.2) is 0 Å². The van der Waals surface area contributed by atoms with Crippen LogP contribution in [0, 0.1) is 0 Å². The summed E-state index contributed by atoms with van der Waals surface area (Å²) in [6.45, 7) is 0. The van der Waals surface area contributed by atoms with Gasteiger partial charge in [0.25, 0.3) is 10.0 Å². The molecule has 4 nitrogen and oxygen atoms in total. The lowest BCUT2D eigenvalue weighted by Gasteiger charge is -2.13. The van der Waals surface area contributed by atoms with E-state index in [1.54, 1.807) is 36.4 Å². The van der Waals surface area contributed by atoms with Crippen LogP contribution in [0.1, 0.15) is 0 Å². The summed E-state index contributed by atoms with van der Waals surface area (Å²) in [5.41, 5.74) is 0. The van der Waals surface area contributed by atoms with Crippen molar-refractivity contribution in [2.24, 2.45) is 5.10 Å². The van der Waals surface area contributed by atoms with Crippen LogP contribution < -0.4 is 0 Å². The summed E-state index contributed by atoms with van der Waals surface area (Å²) in [5, 5.41) is 3.82. The van der Waals surface area contributed by atoms with Crippen molar-refractivity contribution >= 4 is 16.2 Å². The number of allylic oxidation sites excluding steroid dienone is 3. The fourth-order valence-electron chi connectivity index (χ4n) is 1.22. The number of sulfonamides is 1. The second-order valence-electron chi connectivity index (χ2n) is 3.08. The van der Waals surface area contributed by atoms with Gasteiger partial charge in [0.05, 0.1) is 4.90 Å². The molecule has 1 aliphatic rings. The normalized spacial score (nSPS) is 15.1. The third kappa shape index (κ3) is 2.04. The fraction of sp³-hybridized carbons (Fsp3) is 0. The van der Waals surface area contributed by atoms with E-state index in [9.17, 15) is 8.42 Å². The molecule has 0 saturated heterocycles. The summed E-state index contributed by atoms with van der Waals surface area (Å²) >= 11 is 0. The van der Waals surface area contributed by atoms with E-state index in [1.165, 1.54) is 24.5 Å². The molecule has 16 heavy (non-hydrogen) atoms. The number of hydrogen-bond acceptors (Lipinski definition) is 3. The Morgan fingerprint density at radius 3 is 2.50 bits per heavy atom. The zero-order valence-corrected chi connectivity index (χ0v) is 9.21. The molecule has 0 aliphatic carbocycles. The van der Waals surface area contributed by atoms with Gasteiger partial charge < -0.3 is 0 Å². The molecule has 0 atom stereocenters. The molecule has 2 rings (SSSR count). The zero-order valence-electron chi connectivity index (χ0n) is 8.39. The molecule has 82 valence electrons. The van der Waals surface area contributed by atoms with E-state index in [2.05, 4.69) is 5.10 Å². The second kappa shape index (κ2) is 4.32. The Morgan fingerprint density at radius 2 is 1.75 bits per heavy atom. The van der Waals surface area contributed by atoms with E-state index in [0.717, 1.165) is 4.41 Å². The predicted molar refractivity (Wildman–Crippen MR) is 62.2 cm³/mol. The standard InChI is InChI=1S/C11H10N2O2S/c14-16(15,11-7-3-1-4-8-11)13-10-6-2-5-9-12-13/h1-10H. The maximum Gasteiger partial charge on any atom is 0.282 e. The van der Waals surface area contributed by atoms with Crippen molar-refractivity contribution in [3.8, 4) is 0 Å². The maximum absolute atomic E-state index is 12.1. The molecule has 5 heteroatoms. The van der Waals surface area contributed by atoms with Crippen molar-refractivity contribution in [1.29, 1.82) is 0 Å². The molecule has 1 aliphatic heterocycles. The van der Waals surface area contributed by atoms with Gasteiger partial charge in [-0.2, -0.15) is 17.9 Å². The Kier molecular flexibility index (Phi) is 2.87. The fourth-order valence-corrected chi connectivity index (χ4v) is 2.35. The highest BCUT2D eigenvalue weighted by molar-refractivity contribution is 7.89. The van der Waals surface area contributed by atoms with E-state index in [1.807, 2.05) is 0 Å². The topological polar surface area (TPSA) is 49.7 Å². The minimum absolute atomic E-state index is 0.221. The highest BCUT2D eigenvalue weighted by Crippen LogP contribution is 2.16. The molecule has 0 aromatic heterocycles. The van der Waals surface area contributed by atoms with Gasteiger partial charge in [-0.15, -0.1) is 0 Å². The van der Waals surface area contributed by atoms with Gasteiger partial charge >= 0.3 is 0 Å². The molecule has 0 N–H and O–H groups in total. The summed E-state index contributed by atoms with van der Waals surface area (Å²) in [4.78, 5) is 0.221. The van der Waals surface area contributed by atoms with E-state index in [-0.39, 0.29) is 4.90 Å². The molecule has 0 fully saturated rings. The first-order valence-corrected chi connectivity index (χ1v) is 6.12. The van der Waals surface area contributed by atoms with Crippen molar-refractivity contribution in [3.05, 3.63) is 54.8 Å². The van der Waals surface area contributed by atoms with Gasteiger partial charge in [-0.1, -0.05) is 24.3 Å². The van der Waals surface area contributed by atoms with Crippen LogP contribution in [0.2, 0.25) is 0 Å². The Labute approximate surface area is 94.3 Å². The van der Waals surface area contributed by atoms with E-state index >= 15 is 0 Å². The van der Waals surface area contributed by atoms with Gasteiger partial charge in [0.15, 0.2) is 0 Å². The third-order valence-electron chi connectivity index (χ3n) is 1.99. The first-order valence-electron chi connectivity index (χ1n) is 4.68. The molecular weight excluding hydrogens is 224 g/mol. The molecule has 0 amide bonds. The number of rotatable bonds is 2. The summed E-state index contributed by atoms with van der Waals surface area (Å²) in [6.07, 6.45) is 7.83. The quantitative estimate of drug-likeness (QED) is 0.782. The number of hydrogen-bond donors (Lipinski definition) is 0. The SMILES string of the molecule is O=S(=O)(c1ccccc1)N1C=CC=CC=N1. The Balaban J connectivity index is 2.40. The minimum atomic E-state index is -3.58. The lowest BCUT2D eigenvalue weighted by atomic mass is 10.4. The molecule has 1 aromatic rings. The molecule has 0 unspecified atom stereocenters. The zero-order chi connectivity index (χ0) is 11.4. The van der Waals surface area contributed by atoms with Gasteiger partial charge in [0.2, 0.25) is 0 Å². The van der Waals surface area contributed by atoms with Crippen molar-refractivity contribution in [3.63, 3.8) is 0 Å². The highest BCUT2D eigenvalue weighted by Gasteiger charge is 2.20. The van der Waals surface area contributed by atoms with Gasteiger partial charge in [0, 0.05) is 12.4 Å². The number of nitrogens with zero attached hydrogens (tertiary/aromatic N) is 2. The van der Waals surface area contributed by atoms with Crippen LogP contribution in [0.5, 0.6) is 0 Å². The average Bonchev–Trinajstić information content (AvgIpc) is 2.59. The van der Waals surface area contributed by atoms with E-state index < -0.39 is 10.0 Å². The Bertz CT molecular complexity index is 529. The molecule has 0 saturated carbocycles. The van der Waals surface area contributed by atoms with E-state index in [4.69, 9.17) is 0 Å². The highest BCUT2D eigenvalue weighted by atomic mass is 32.2. The lowest BCUT2D eigenvalue weighted by Crippen LogP contribution is -2.20. The Morgan fingerprint density at radius 1 is 1.00 bits per heavy atom. The van der Waals surface area contributed by atoms with Crippen LogP contribution >= 0.6 is 0 Å². The molecule has 0 spiro atoms. The van der Waals surface area contributed by atoms with Gasteiger partial charge in [-0.05, 0) is 24.3 Å². The summed E-state index contributed by atoms with van der Waals surface area (Å²) in [6, 6.07) is 8.20. The molecule has 1 aromatic carbocycles. The molecular formula is C11H10N2O2S. The monoisotopic (exact) mass is 234 g/mol. The lowest BCUT2D eigenvalue weighted by molar-refractivity contribution is 0.516. The van der Waals surface area contributed by atoms with Crippen LogP contribution in [0.3, 0.4) is 0 Å². The van der Waals surface area contributed by atoms with Crippen molar-refractivity contribution in [1.82, 2.24) is 4.41 Å². The molecule has 0 bridgehead atoms. The largest absolute Gasteiger partial charge is 0.282 e. The minimum Gasteiger partial charge on any atom is -0.199 e.